The van der Waals surface area contributed by atoms with E-state index in [1.54, 1.807) is 36.7 Å². The smallest absolute Gasteiger partial charge is 0.191 e. The molecule has 0 saturated heterocycles. The number of halogens is 1. The first kappa shape index (κ1) is 19.4. The normalized spacial score (nSPS) is 11.3. The van der Waals surface area contributed by atoms with Gasteiger partial charge in [0.15, 0.2) is 17.5 Å². The lowest BCUT2D eigenvalue weighted by molar-refractivity contribution is 0.440. The number of aromatic nitrogens is 1. The van der Waals surface area contributed by atoms with Crippen molar-refractivity contribution in [3.05, 3.63) is 78.3 Å². The van der Waals surface area contributed by atoms with Gasteiger partial charge >= 0.3 is 0 Å². The molecule has 1 aromatic carbocycles. The summed E-state index contributed by atoms with van der Waals surface area (Å²) < 4.78 is 25.2. The van der Waals surface area contributed by atoms with Gasteiger partial charge in [-0.3, -0.25) is 4.98 Å². The minimum atomic E-state index is -0.438. The molecule has 0 aliphatic heterocycles. The number of hydrogen-bond donors (Lipinski definition) is 2. The molecule has 0 radical (unpaired) electrons. The molecule has 146 valence electrons. The molecule has 2 heterocycles. The van der Waals surface area contributed by atoms with Crippen molar-refractivity contribution < 1.29 is 13.5 Å². The van der Waals surface area contributed by atoms with Crippen molar-refractivity contribution in [3.63, 3.8) is 0 Å². The number of ether oxygens (including phenoxy) is 1. The number of furan rings is 1. The SMILES string of the molecule is CCNC(=NCc1ccc(Oc2cccnc2)c(F)c1)NCCc1ccco1. The van der Waals surface area contributed by atoms with E-state index >= 15 is 0 Å². The Bertz CT molecular complexity index is 883. The van der Waals surface area contributed by atoms with Crippen LogP contribution in [0.4, 0.5) is 4.39 Å². The topological polar surface area (TPSA) is 71.7 Å². The fourth-order valence-electron chi connectivity index (χ4n) is 2.53. The average Bonchev–Trinajstić information content (AvgIpc) is 3.22. The Balaban J connectivity index is 1.57. The van der Waals surface area contributed by atoms with Crippen LogP contribution in [0.5, 0.6) is 11.5 Å². The highest BCUT2D eigenvalue weighted by Gasteiger charge is 2.07. The summed E-state index contributed by atoms with van der Waals surface area (Å²) in [5.74, 6) is 1.79. The third kappa shape index (κ3) is 5.84. The Morgan fingerprint density at radius 3 is 2.86 bits per heavy atom. The van der Waals surface area contributed by atoms with Gasteiger partial charge < -0.3 is 19.8 Å². The highest BCUT2D eigenvalue weighted by molar-refractivity contribution is 5.79. The number of nitrogens with one attached hydrogen (secondary N) is 2. The van der Waals surface area contributed by atoms with E-state index in [9.17, 15) is 4.39 Å². The van der Waals surface area contributed by atoms with E-state index in [2.05, 4.69) is 20.6 Å². The molecule has 2 aromatic heterocycles. The number of guanidine groups is 1. The molecule has 0 spiro atoms. The van der Waals surface area contributed by atoms with E-state index in [0.717, 1.165) is 24.3 Å². The molecule has 28 heavy (non-hydrogen) atoms. The first-order valence-electron chi connectivity index (χ1n) is 9.15. The third-order valence-corrected chi connectivity index (χ3v) is 3.87. The number of rotatable bonds is 8. The van der Waals surface area contributed by atoms with Crippen LogP contribution in [-0.4, -0.2) is 24.0 Å². The minimum Gasteiger partial charge on any atom is -0.469 e. The van der Waals surface area contributed by atoms with E-state index in [-0.39, 0.29) is 5.75 Å². The van der Waals surface area contributed by atoms with E-state index in [1.165, 1.54) is 12.3 Å². The van der Waals surface area contributed by atoms with E-state index in [0.29, 0.717) is 24.8 Å². The molecule has 0 bridgehead atoms. The summed E-state index contributed by atoms with van der Waals surface area (Å²) >= 11 is 0. The first-order valence-corrected chi connectivity index (χ1v) is 9.15. The molecule has 0 saturated carbocycles. The summed E-state index contributed by atoms with van der Waals surface area (Å²) in [6.45, 7) is 3.76. The van der Waals surface area contributed by atoms with Crippen molar-refractivity contribution in [2.24, 2.45) is 4.99 Å². The predicted octanol–water partition coefficient (Wildman–Crippen LogP) is 3.90. The van der Waals surface area contributed by atoms with Crippen molar-refractivity contribution in [3.8, 4) is 11.5 Å². The van der Waals surface area contributed by atoms with Gasteiger partial charge in [-0.05, 0) is 48.9 Å². The standard InChI is InChI=1S/C21H23FN4O2/c1-2-24-21(25-11-9-17-6-4-12-27-17)26-14-16-7-8-20(19(22)13-16)28-18-5-3-10-23-15-18/h3-8,10,12-13,15H,2,9,11,14H2,1H3,(H2,24,25,26). The van der Waals surface area contributed by atoms with Crippen LogP contribution in [0.1, 0.15) is 18.2 Å². The Morgan fingerprint density at radius 2 is 2.14 bits per heavy atom. The molecular formula is C21H23FN4O2. The van der Waals surface area contributed by atoms with Gasteiger partial charge in [0, 0.05) is 25.7 Å². The summed E-state index contributed by atoms with van der Waals surface area (Å²) in [7, 11) is 0. The van der Waals surface area contributed by atoms with Gasteiger partial charge in [-0.2, -0.15) is 0 Å². The van der Waals surface area contributed by atoms with Crippen LogP contribution in [0.15, 0.2) is 70.5 Å². The van der Waals surface area contributed by atoms with Crippen molar-refractivity contribution in [2.45, 2.75) is 19.9 Å². The van der Waals surface area contributed by atoms with Crippen molar-refractivity contribution in [1.82, 2.24) is 15.6 Å². The molecule has 0 atom stereocenters. The Labute approximate surface area is 163 Å². The quantitative estimate of drug-likeness (QED) is 0.457. The van der Waals surface area contributed by atoms with Crippen LogP contribution in [0.3, 0.4) is 0 Å². The van der Waals surface area contributed by atoms with E-state index in [1.807, 2.05) is 19.1 Å². The molecular weight excluding hydrogens is 359 g/mol. The zero-order valence-corrected chi connectivity index (χ0v) is 15.7. The van der Waals surface area contributed by atoms with Gasteiger partial charge in [-0.25, -0.2) is 9.38 Å². The number of benzene rings is 1. The zero-order chi connectivity index (χ0) is 19.6. The van der Waals surface area contributed by atoms with Crippen molar-refractivity contribution in [1.29, 1.82) is 0 Å². The molecule has 0 amide bonds. The lowest BCUT2D eigenvalue weighted by atomic mass is 10.2. The molecule has 3 rings (SSSR count). The van der Waals surface area contributed by atoms with Crippen LogP contribution in [-0.2, 0) is 13.0 Å². The fraction of sp³-hybridized carbons (Fsp3) is 0.238. The predicted molar refractivity (Wildman–Crippen MR) is 106 cm³/mol. The molecule has 2 N–H and O–H groups in total. The van der Waals surface area contributed by atoms with Gasteiger partial charge in [-0.1, -0.05) is 6.07 Å². The Kier molecular flexibility index (Phi) is 7.01. The number of hydrogen-bond acceptors (Lipinski definition) is 4. The second kappa shape index (κ2) is 10.1. The van der Waals surface area contributed by atoms with Crippen LogP contribution in [0.25, 0.3) is 0 Å². The largest absolute Gasteiger partial charge is 0.469 e. The lowest BCUT2D eigenvalue weighted by Crippen LogP contribution is -2.38. The van der Waals surface area contributed by atoms with Crippen molar-refractivity contribution >= 4 is 5.96 Å². The van der Waals surface area contributed by atoms with Crippen molar-refractivity contribution in [2.75, 3.05) is 13.1 Å². The molecule has 0 fully saturated rings. The molecule has 0 unspecified atom stereocenters. The maximum Gasteiger partial charge on any atom is 0.191 e. The van der Waals surface area contributed by atoms with Gasteiger partial charge in [0.1, 0.15) is 11.5 Å². The van der Waals surface area contributed by atoms with Crippen LogP contribution in [0, 0.1) is 5.82 Å². The monoisotopic (exact) mass is 382 g/mol. The number of aliphatic imine (C=N–C) groups is 1. The molecule has 0 aliphatic carbocycles. The third-order valence-electron chi connectivity index (χ3n) is 3.87. The summed E-state index contributed by atoms with van der Waals surface area (Å²) in [5.41, 5.74) is 0.749. The summed E-state index contributed by atoms with van der Waals surface area (Å²) in [4.78, 5) is 8.45. The van der Waals surface area contributed by atoms with Crippen LogP contribution < -0.4 is 15.4 Å². The summed E-state index contributed by atoms with van der Waals surface area (Å²) in [5, 5.41) is 6.42. The number of pyridine rings is 1. The Morgan fingerprint density at radius 1 is 1.21 bits per heavy atom. The van der Waals surface area contributed by atoms with E-state index < -0.39 is 5.82 Å². The summed E-state index contributed by atoms with van der Waals surface area (Å²) in [6.07, 6.45) is 5.58. The summed E-state index contributed by atoms with van der Waals surface area (Å²) in [6, 6.07) is 12.1. The van der Waals surface area contributed by atoms with Gasteiger partial charge in [-0.15, -0.1) is 0 Å². The number of nitrogens with zero attached hydrogens (tertiary/aromatic N) is 2. The van der Waals surface area contributed by atoms with Gasteiger partial charge in [0.25, 0.3) is 0 Å². The van der Waals surface area contributed by atoms with Crippen LogP contribution in [0.2, 0.25) is 0 Å². The maximum atomic E-state index is 14.3. The lowest BCUT2D eigenvalue weighted by Gasteiger charge is -2.11. The molecule has 3 aromatic rings. The molecule has 0 aliphatic rings. The minimum absolute atomic E-state index is 0.157. The zero-order valence-electron chi connectivity index (χ0n) is 15.7. The second-order valence-electron chi connectivity index (χ2n) is 6.01. The van der Waals surface area contributed by atoms with E-state index in [4.69, 9.17) is 9.15 Å². The fourth-order valence-corrected chi connectivity index (χ4v) is 2.53. The second-order valence-corrected chi connectivity index (χ2v) is 6.01. The van der Waals surface area contributed by atoms with Gasteiger partial charge in [0.05, 0.1) is 19.0 Å². The first-order chi connectivity index (χ1) is 13.7. The highest BCUT2D eigenvalue weighted by atomic mass is 19.1. The highest BCUT2D eigenvalue weighted by Crippen LogP contribution is 2.24. The maximum absolute atomic E-state index is 14.3. The Hall–Kier alpha value is -3.35. The average molecular weight is 382 g/mol. The molecule has 7 heteroatoms. The van der Waals surface area contributed by atoms with Crippen LogP contribution >= 0.6 is 0 Å². The molecule has 6 nitrogen and oxygen atoms in total. The van der Waals surface area contributed by atoms with Gasteiger partial charge in [0.2, 0.25) is 0 Å².